The minimum atomic E-state index is 0. The summed E-state index contributed by atoms with van der Waals surface area (Å²) in [7, 11) is 0. The van der Waals surface area contributed by atoms with E-state index in [1.165, 1.54) is 289 Å². The third kappa shape index (κ3) is 57.1. The van der Waals surface area contributed by atoms with Gasteiger partial charge in [0.25, 0.3) is 0 Å². The first-order valence-electron chi connectivity index (χ1n) is 49.3. The van der Waals surface area contributed by atoms with Gasteiger partial charge in [0.1, 0.15) is 0 Å². The average Bonchev–Trinajstić information content (AvgIpc) is 1.67. The molecular weight excluding hydrogens is 1410 g/mol. The van der Waals surface area contributed by atoms with Gasteiger partial charge in [0.2, 0.25) is 0 Å². The second-order valence-corrected chi connectivity index (χ2v) is 42.6. The Bertz CT molecular complexity index is 2530. The summed E-state index contributed by atoms with van der Waals surface area (Å²) < 4.78 is 0. The van der Waals surface area contributed by atoms with Crippen molar-refractivity contribution in [1.82, 2.24) is 0 Å². The molecule has 0 amide bonds. The maximum atomic E-state index is 4.18. The van der Waals surface area contributed by atoms with Crippen LogP contribution in [0.2, 0.25) is 0 Å². The lowest BCUT2D eigenvalue weighted by atomic mass is 9.80. The highest BCUT2D eigenvalue weighted by Gasteiger charge is 2.39. The fourth-order valence-electron chi connectivity index (χ4n) is 19.9. The van der Waals surface area contributed by atoms with Crippen molar-refractivity contribution < 1.29 is 0 Å². The molecule has 686 valence electrons. The van der Waals surface area contributed by atoms with Gasteiger partial charge in [-0.15, -0.1) is 0 Å². The van der Waals surface area contributed by atoms with E-state index in [2.05, 4.69) is 240 Å². The third-order valence-corrected chi connectivity index (χ3v) is 27.3. The van der Waals surface area contributed by atoms with E-state index < -0.39 is 0 Å². The highest BCUT2D eigenvalue weighted by molar-refractivity contribution is 5.63. The van der Waals surface area contributed by atoms with E-state index in [0.717, 1.165) is 94.7 Å². The SMILES string of the molecule is C.C.C.C.C.C=C(C(C)C)C1CCCCC1.C=C(C(C)C)C1CCCCC1.C=C(C(C)C)C1CCCCC1.C=C(C)C(C)C.C=C(C)C(C)C.CC(C)CC1=Cc2ccccc2C1.CC(C)CC1CC2CCC1C2.CC(C)CC1CCCCC1.CC(C)CC1CCCCC1.CC(C)CC1CCCCC1.CC(C)CC1Cc2ccccc2C1. The van der Waals surface area contributed by atoms with E-state index in [0.29, 0.717) is 29.6 Å². The fraction of sp³-hybridized carbons (Fsp3) is 0.795. The van der Waals surface area contributed by atoms with Crippen molar-refractivity contribution >= 4 is 6.08 Å². The van der Waals surface area contributed by atoms with E-state index in [9.17, 15) is 0 Å². The van der Waals surface area contributed by atoms with Crippen LogP contribution in [0.25, 0.3) is 6.08 Å². The normalized spacial score (nSPS) is 19.8. The van der Waals surface area contributed by atoms with Crippen molar-refractivity contribution in [2.24, 2.45) is 124 Å². The van der Waals surface area contributed by atoms with Gasteiger partial charge in [-0.1, -0.05) is 471 Å². The summed E-state index contributed by atoms with van der Waals surface area (Å²) in [6.45, 7) is 74.3. The monoisotopic (exact) mass is 1620 g/mol. The van der Waals surface area contributed by atoms with Gasteiger partial charge in [0.05, 0.1) is 0 Å². The summed E-state index contributed by atoms with van der Waals surface area (Å²) in [5, 5.41) is 0. The smallest absolute Gasteiger partial charge is 0.00577 e. The summed E-state index contributed by atoms with van der Waals surface area (Å²) >= 11 is 0. The Morgan fingerprint density at radius 1 is 0.299 bits per heavy atom. The maximum absolute atomic E-state index is 4.18. The van der Waals surface area contributed by atoms with Gasteiger partial charge in [-0.25, -0.2) is 0 Å². The molecule has 0 radical (unpaired) electrons. The summed E-state index contributed by atoms with van der Waals surface area (Å²) in [4.78, 5) is 0. The zero-order valence-electron chi connectivity index (χ0n) is 80.3. The largest absolute Gasteiger partial charge is 0.0999 e. The van der Waals surface area contributed by atoms with Crippen molar-refractivity contribution in [3.8, 4) is 0 Å². The van der Waals surface area contributed by atoms with Crippen LogP contribution < -0.4 is 0 Å². The maximum Gasteiger partial charge on any atom is -0.00577 e. The minimum Gasteiger partial charge on any atom is -0.0999 e. The standard InChI is InChI=1S/C13H18.C13H16.4C11H20.3C10H20.2C6H12.5CH4/c2*1-10(2)7-11-8-12-5-3-4-6-13(12)9-11;1-8(2)5-11-7-9-3-4-10(11)6-9;3*1-9(2)10(3)11-7-5-4-6-8-11;3*1-9(2)8-10-6-4-3-5-7-10;2*1-5(2)6(3)4;;;;;/h3-6,10-11H,7-9H2,1-2H3;3-6,8,10H,7,9H2,1-2H3;8-11H,3-7H2,1-2H3;3*9,11H,3-8H2,1-2H3;3*9-10H,3-8H2,1-2H3;2*6H,1H2,2-4H3;5*1H4. The molecular formula is C117H218. The van der Waals surface area contributed by atoms with Crippen molar-refractivity contribution in [3.63, 3.8) is 0 Å². The van der Waals surface area contributed by atoms with E-state index in [-0.39, 0.29) is 37.1 Å². The first-order chi connectivity index (χ1) is 53.1. The van der Waals surface area contributed by atoms with E-state index in [4.69, 9.17) is 0 Å². The number of allylic oxidation sites excluding steroid dienone is 6. The van der Waals surface area contributed by atoms with Gasteiger partial charge in [-0.3, -0.25) is 0 Å². The lowest BCUT2D eigenvalue weighted by molar-refractivity contribution is 0.283. The molecule has 0 spiro atoms. The highest BCUT2D eigenvalue weighted by Crippen LogP contribution is 2.50. The molecule has 117 heavy (non-hydrogen) atoms. The highest BCUT2D eigenvalue weighted by atomic mass is 14.4. The van der Waals surface area contributed by atoms with Crippen LogP contribution in [-0.2, 0) is 19.3 Å². The number of hydrogen-bond acceptors (Lipinski definition) is 0. The summed E-state index contributed by atoms with van der Waals surface area (Å²) in [5.74, 6) is 18.8. The lowest BCUT2D eigenvalue weighted by Crippen LogP contribution is -2.12. The Morgan fingerprint density at radius 3 is 0.812 bits per heavy atom. The number of fused-ring (bicyclic) bond motifs is 4. The molecule has 0 heterocycles. The van der Waals surface area contributed by atoms with Crippen LogP contribution in [-0.4, -0.2) is 0 Å². The molecule has 0 aliphatic heterocycles. The molecule has 12 rings (SSSR count). The van der Waals surface area contributed by atoms with Gasteiger partial charge < -0.3 is 0 Å². The molecule has 2 aromatic carbocycles. The van der Waals surface area contributed by atoms with Crippen molar-refractivity contribution in [3.05, 3.63) is 137 Å². The molecule has 2 aromatic rings. The molecule has 3 unspecified atom stereocenters. The molecule has 10 aliphatic rings. The first-order valence-corrected chi connectivity index (χ1v) is 49.3. The Balaban J connectivity index is -0.000000601. The Labute approximate surface area is 742 Å². The lowest BCUT2D eigenvalue weighted by Gasteiger charge is -2.25. The molecule has 2 bridgehead atoms. The third-order valence-electron chi connectivity index (χ3n) is 27.3. The van der Waals surface area contributed by atoms with E-state index in [1.807, 2.05) is 13.8 Å². The Kier molecular flexibility index (Phi) is 72.1. The predicted octanol–water partition coefficient (Wildman–Crippen LogP) is 40.4. The molecule has 8 fully saturated rings. The van der Waals surface area contributed by atoms with Gasteiger partial charge in [0.15, 0.2) is 0 Å². The fourth-order valence-corrected chi connectivity index (χ4v) is 19.9. The molecule has 0 heteroatoms. The van der Waals surface area contributed by atoms with Gasteiger partial charge in [0, 0.05) is 0 Å². The van der Waals surface area contributed by atoms with Gasteiger partial charge >= 0.3 is 0 Å². The van der Waals surface area contributed by atoms with E-state index in [1.54, 1.807) is 42.4 Å². The van der Waals surface area contributed by atoms with Crippen molar-refractivity contribution in [2.45, 2.75) is 479 Å². The van der Waals surface area contributed by atoms with Crippen LogP contribution in [0.15, 0.2) is 115 Å². The van der Waals surface area contributed by atoms with Crippen LogP contribution >= 0.6 is 0 Å². The predicted molar refractivity (Wildman–Crippen MR) is 545 cm³/mol. The topological polar surface area (TPSA) is 0 Å². The van der Waals surface area contributed by atoms with Gasteiger partial charge in [-0.2, -0.15) is 0 Å². The second kappa shape index (κ2) is 70.2. The Morgan fingerprint density at radius 2 is 0.573 bits per heavy atom. The summed E-state index contributed by atoms with van der Waals surface area (Å²) in [5.41, 5.74) is 14.7. The number of benzene rings is 2. The van der Waals surface area contributed by atoms with Crippen LogP contribution in [0, 0.1) is 124 Å². The zero-order chi connectivity index (χ0) is 83.7. The summed E-state index contributed by atoms with van der Waals surface area (Å²) in [6.07, 6.45) is 64.8. The molecule has 8 saturated carbocycles. The van der Waals surface area contributed by atoms with Gasteiger partial charge in [-0.05, 0) is 276 Å². The average molecular weight is 1630 g/mol. The minimum absolute atomic E-state index is 0. The molecule has 10 aliphatic carbocycles. The van der Waals surface area contributed by atoms with Crippen LogP contribution in [0.1, 0.15) is 482 Å². The quantitative estimate of drug-likeness (QED) is 0.116. The molecule has 0 nitrogen and oxygen atoms in total. The number of hydrogen-bond donors (Lipinski definition) is 0. The first kappa shape index (κ1) is 120. The summed E-state index contributed by atoms with van der Waals surface area (Å²) in [6, 6.07) is 17.6. The Hall–Kier alpha value is -3.12. The van der Waals surface area contributed by atoms with Crippen molar-refractivity contribution in [2.75, 3.05) is 0 Å². The molecule has 3 atom stereocenters. The van der Waals surface area contributed by atoms with Crippen LogP contribution in [0.5, 0.6) is 0 Å². The second-order valence-electron chi connectivity index (χ2n) is 42.6. The molecule has 0 aromatic heterocycles. The van der Waals surface area contributed by atoms with E-state index >= 15 is 0 Å². The zero-order valence-corrected chi connectivity index (χ0v) is 80.3. The van der Waals surface area contributed by atoms with Crippen molar-refractivity contribution in [1.29, 1.82) is 0 Å². The molecule has 0 N–H and O–H groups in total. The molecule has 0 saturated heterocycles. The number of rotatable bonds is 20. The van der Waals surface area contributed by atoms with Crippen LogP contribution in [0.3, 0.4) is 0 Å². The van der Waals surface area contributed by atoms with Crippen LogP contribution in [0.4, 0.5) is 0 Å².